The minimum absolute atomic E-state index is 0.237. The van der Waals surface area contributed by atoms with Crippen LogP contribution in [-0.2, 0) is 9.53 Å². The molecule has 0 aliphatic heterocycles. The van der Waals surface area contributed by atoms with Crippen molar-refractivity contribution < 1.29 is 9.53 Å². The summed E-state index contributed by atoms with van der Waals surface area (Å²) in [5.41, 5.74) is 4.50. The molecule has 0 aliphatic carbocycles. The second-order valence-corrected chi connectivity index (χ2v) is 3.23. The standard InChI is InChI=1S/C10H11ClN2O2/c1-7-4-3-5-8(6-7)12-13-9(11)10(14)15-2/h3-6,12H,1-2H3/b13-9-. The molecule has 0 unspecified atom stereocenters. The number of rotatable bonds is 3. The Morgan fingerprint density at radius 1 is 1.53 bits per heavy atom. The van der Waals surface area contributed by atoms with Crippen LogP contribution in [0.5, 0.6) is 0 Å². The van der Waals surface area contributed by atoms with Crippen LogP contribution in [0.2, 0.25) is 0 Å². The summed E-state index contributed by atoms with van der Waals surface area (Å²) in [7, 11) is 1.24. The first kappa shape index (κ1) is 11.5. The molecule has 0 radical (unpaired) electrons. The average Bonchev–Trinajstić information content (AvgIpc) is 2.25. The van der Waals surface area contributed by atoms with E-state index in [-0.39, 0.29) is 5.17 Å². The molecule has 1 rings (SSSR count). The van der Waals surface area contributed by atoms with Gasteiger partial charge in [0.15, 0.2) is 0 Å². The SMILES string of the molecule is COC(=O)/C(Cl)=N/Nc1cccc(C)c1. The molecule has 0 fully saturated rings. The fraction of sp³-hybridized carbons (Fsp3) is 0.200. The molecule has 0 heterocycles. The van der Waals surface area contributed by atoms with Crippen molar-refractivity contribution in [2.24, 2.45) is 5.10 Å². The fourth-order valence-corrected chi connectivity index (χ4v) is 1.08. The first-order valence-electron chi connectivity index (χ1n) is 4.27. The molecule has 1 aromatic rings. The van der Waals surface area contributed by atoms with Gasteiger partial charge in [-0.05, 0) is 24.6 Å². The fourth-order valence-electron chi connectivity index (χ4n) is 0.958. The Bertz CT molecular complexity index is 391. The predicted molar refractivity (Wildman–Crippen MR) is 60.1 cm³/mol. The molecule has 5 heteroatoms. The Morgan fingerprint density at radius 2 is 2.27 bits per heavy atom. The summed E-state index contributed by atoms with van der Waals surface area (Å²) in [6.45, 7) is 1.96. The van der Waals surface area contributed by atoms with Gasteiger partial charge in [-0.2, -0.15) is 5.10 Å². The number of esters is 1. The van der Waals surface area contributed by atoms with Crippen molar-refractivity contribution in [1.82, 2.24) is 0 Å². The Labute approximate surface area is 92.9 Å². The van der Waals surface area contributed by atoms with Gasteiger partial charge in [0.1, 0.15) is 0 Å². The number of nitrogens with one attached hydrogen (secondary N) is 1. The van der Waals surface area contributed by atoms with E-state index in [1.807, 2.05) is 31.2 Å². The van der Waals surface area contributed by atoms with Crippen LogP contribution in [0.1, 0.15) is 5.56 Å². The molecule has 0 saturated carbocycles. The van der Waals surface area contributed by atoms with Gasteiger partial charge in [-0.25, -0.2) is 4.79 Å². The molecule has 0 aliphatic rings. The molecule has 15 heavy (non-hydrogen) atoms. The Kier molecular flexibility index (Phi) is 4.12. The van der Waals surface area contributed by atoms with Gasteiger partial charge in [0.05, 0.1) is 12.8 Å². The van der Waals surface area contributed by atoms with Crippen LogP contribution < -0.4 is 5.43 Å². The monoisotopic (exact) mass is 226 g/mol. The highest BCUT2D eigenvalue weighted by molar-refractivity contribution is 6.82. The van der Waals surface area contributed by atoms with Crippen LogP contribution in [0, 0.1) is 6.92 Å². The number of aryl methyl sites for hydroxylation is 1. The van der Waals surface area contributed by atoms with E-state index in [1.165, 1.54) is 7.11 Å². The molecule has 4 nitrogen and oxygen atoms in total. The number of hydrogen-bond donors (Lipinski definition) is 1. The van der Waals surface area contributed by atoms with Gasteiger partial charge in [-0.3, -0.25) is 5.43 Å². The lowest BCUT2D eigenvalue weighted by Crippen LogP contribution is -2.11. The highest BCUT2D eigenvalue weighted by Crippen LogP contribution is 2.09. The van der Waals surface area contributed by atoms with E-state index in [0.29, 0.717) is 0 Å². The maximum absolute atomic E-state index is 10.9. The second-order valence-electron chi connectivity index (χ2n) is 2.88. The normalized spacial score (nSPS) is 11.0. The minimum Gasteiger partial charge on any atom is -0.464 e. The lowest BCUT2D eigenvalue weighted by atomic mass is 10.2. The molecule has 0 spiro atoms. The minimum atomic E-state index is -0.670. The predicted octanol–water partition coefficient (Wildman–Crippen LogP) is 2.13. The number of anilines is 1. The van der Waals surface area contributed by atoms with Crippen LogP contribution >= 0.6 is 11.6 Å². The number of hydrazone groups is 1. The molecule has 0 amide bonds. The number of benzene rings is 1. The first-order chi connectivity index (χ1) is 7.13. The van der Waals surface area contributed by atoms with E-state index in [2.05, 4.69) is 15.3 Å². The number of carbonyl (C=O) groups is 1. The van der Waals surface area contributed by atoms with Gasteiger partial charge in [-0.1, -0.05) is 23.7 Å². The van der Waals surface area contributed by atoms with E-state index in [9.17, 15) is 4.79 Å². The number of carbonyl (C=O) groups excluding carboxylic acids is 1. The highest BCUT2D eigenvalue weighted by Gasteiger charge is 2.06. The van der Waals surface area contributed by atoms with Gasteiger partial charge in [0.25, 0.3) is 0 Å². The van der Waals surface area contributed by atoms with Crippen LogP contribution in [0.25, 0.3) is 0 Å². The third-order valence-electron chi connectivity index (χ3n) is 1.66. The molecule has 0 saturated heterocycles. The molecular weight excluding hydrogens is 216 g/mol. The van der Waals surface area contributed by atoms with Crippen LogP contribution in [0.3, 0.4) is 0 Å². The van der Waals surface area contributed by atoms with Gasteiger partial charge in [-0.15, -0.1) is 0 Å². The Morgan fingerprint density at radius 3 is 2.87 bits per heavy atom. The smallest absolute Gasteiger partial charge is 0.370 e. The van der Waals surface area contributed by atoms with E-state index in [4.69, 9.17) is 11.6 Å². The van der Waals surface area contributed by atoms with Gasteiger partial charge in [0, 0.05) is 0 Å². The zero-order valence-corrected chi connectivity index (χ0v) is 9.21. The van der Waals surface area contributed by atoms with Crippen molar-refractivity contribution in [2.75, 3.05) is 12.5 Å². The summed E-state index contributed by atoms with van der Waals surface area (Å²) < 4.78 is 4.38. The maximum Gasteiger partial charge on any atom is 0.370 e. The van der Waals surface area contributed by atoms with Crippen LogP contribution in [0.15, 0.2) is 29.4 Å². The number of ether oxygens (including phenoxy) is 1. The summed E-state index contributed by atoms with van der Waals surface area (Å²) in [6.07, 6.45) is 0. The number of nitrogens with zero attached hydrogens (tertiary/aromatic N) is 1. The third kappa shape index (κ3) is 3.59. The van der Waals surface area contributed by atoms with Crippen molar-refractivity contribution in [2.45, 2.75) is 6.92 Å². The van der Waals surface area contributed by atoms with E-state index in [0.717, 1.165) is 11.3 Å². The van der Waals surface area contributed by atoms with Crippen LogP contribution in [-0.4, -0.2) is 18.2 Å². The van der Waals surface area contributed by atoms with Crippen molar-refractivity contribution >= 4 is 28.4 Å². The molecular formula is C10H11ClN2O2. The zero-order valence-electron chi connectivity index (χ0n) is 8.45. The summed E-state index contributed by atoms with van der Waals surface area (Å²) in [5, 5.41) is 3.43. The summed E-state index contributed by atoms with van der Waals surface area (Å²) in [5.74, 6) is -0.670. The van der Waals surface area contributed by atoms with E-state index < -0.39 is 5.97 Å². The number of methoxy groups -OCH3 is 1. The molecule has 0 aromatic heterocycles. The van der Waals surface area contributed by atoms with Gasteiger partial charge < -0.3 is 4.74 Å². The lowest BCUT2D eigenvalue weighted by Gasteiger charge is -2.01. The lowest BCUT2D eigenvalue weighted by molar-refractivity contribution is -0.132. The molecule has 80 valence electrons. The van der Waals surface area contributed by atoms with Gasteiger partial charge in [0.2, 0.25) is 5.17 Å². The second kappa shape index (κ2) is 5.36. The molecule has 1 N–H and O–H groups in total. The summed E-state index contributed by atoms with van der Waals surface area (Å²) in [6, 6.07) is 7.53. The first-order valence-corrected chi connectivity index (χ1v) is 4.65. The molecule has 0 bridgehead atoms. The largest absolute Gasteiger partial charge is 0.464 e. The highest BCUT2D eigenvalue weighted by atomic mass is 35.5. The zero-order chi connectivity index (χ0) is 11.3. The third-order valence-corrected chi connectivity index (χ3v) is 1.89. The number of hydrogen-bond acceptors (Lipinski definition) is 4. The number of halogens is 1. The molecule has 1 aromatic carbocycles. The topological polar surface area (TPSA) is 50.7 Å². The van der Waals surface area contributed by atoms with Crippen molar-refractivity contribution in [1.29, 1.82) is 0 Å². The quantitative estimate of drug-likeness (QED) is 0.488. The van der Waals surface area contributed by atoms with Crippen molar-refractivity contribution in [3.8, 4) is 0 Å². The van der Waals surface area contributed by atoms with E-state index in [1.54, 1.807) is 0 Å². The van der Waals surface area contributed by atoms with Crippen LogP contribution in [0.4, 0.5) is 5.69 Å². The Hall–Kier alpha value is -1.55. The van der Waals surface area contributed by atoms with Gasteiger partial charge >= 0.3 is 5.97 Å². The summed E-state index contributed by atoms with van der Waals surface area (Å²) >= 11 is 5.53. The summed E-state index contributed by atoms with van der Waals surface area (Å²) in [4.78, 5) is 10.9. The van der Waals surface area contributed by atoms with E-state index >= 15 is 0 Å². The van der Waals surface area contributed by atoms with Crippen molar-refractivity contribution in [3.63, 3.8) is 0 Å². The average molecular weight is 227 g/mol. The van der Waals surface area contributed by atoms with Crippen molar-refractivity contribution in [3.05, 3.63) is 29.8 Å². The maximum atomic E-state index is 10.9. The Balaban J connectivity index is 2.67. The molecule has 0 atom stereocenters.